The fourth-order valence-corrected chi connectivity index (χ4v) is 3.02. The number of rotatable bonds is 3. The van der Waals surface area contributed by atoms with E-state index in [2.05, 4.69) is 21.2 Å². The van der Waals surface area contributed by atoms with Crippen LogP contribution in [0.2, 0.25) is 0 Å². The van der Waals surface area contributed by atoms with E-state index >= 15 is 0 Å². The summed E-state index contributed by atoms with van der Waals surface area (Å²) >= 11 is 5.74. The van der Waals surface area contributed by atoms with Crippen LogP contribution in [0.5, 0.6) is 0 Å². The number of carboxylic acids is 1. The van der Waals surface area contributed by atoms with E-state index in [9.17, 15) is 9.59 Å². The average Bonchev–Trinajstić information content (AvgIpc) is 2.86. The van der Waals surface area contributed by atoms with Gasteiger partial charge in [0.15, 0.2) is 0 Å². The van der Waals surface area contributed by atoms with Crippen LogP contribution in [0.4, 0.5) is 5.69 Å². The number of aromatic carboxylic acids is 1. The molecule has 0 radical (unpaired) electrons. The van der Waals surface area contributed by atoms with Gasteiger partial charge in [0.05, 0.1) is 15.0 Å². The monoisotopic (exact) mass is 331 g/mol. The Bertz CT molecular complexity index is 576. The zero-order valence-electron chi connectivity index (χ0n) is 8.27. The quantitative estimate of drug-likeness (QED) is 0.904. The SMILES string of the molecule is O=C(Nc1ccsc1C(=O)O)c1csc(Br)c1. The molecule has 0 aromatic carbocycles. The predicted molar refractivity (Wildman–Crippen MR) is 71.3 cm³/mol. The zero-order valence-corrected chi connectivity index (χ0v) is 11.5. The van der Waals surface area contributed by atoms with Gasteiger partial charge >= 0.3 is 5.97 Å². The van der Waals surface area contributed by atoms with Crippen molar-refractivity contribution in [3.63, 3.8) is 0 Å². The molecule has 0 aliphatic carbocycles. The van der Waals surface area contributed by atoms with Gasteiger partial charge in [-0.3, -0.25) is 4.79 Å². The molecular weight excluding hydrogens is 326 g/mol. The van der Waals surface area contributed by atoms with Crippen LogP contribution in [0.25, 0.3) is 0 Å². The molecule has 0 aliphatic rings. The van der Waals surface area contributed by atoms with Gasteiger partial charge in [0.2, 0.25) is 0 Å². The molecule has 88 valence electrons. The van der Waals surface area contributed by atoms with E-state index in [1.807, 2.05) is 0 Å². The summed E-state index contributed by atoms with van der Waals surface area (Å²) in [7, 11) is 0. The molecule has 2 aromatic heterocycles. The van der Waals surface area contributed by atoms with Crippen LogP contribution in [0.1, 0.15) is 20.0 Å². The maximum absolute atomic E-state index is 11.8. The van der Waals surface area contributed by atoms with E-state index in [-0.39, 0.29) is 10.8 Å². The molecule has 0 atom stereocenters. The van der Waals surface area contributed by atoms with Crippen molar-refractivity contribution in [3.8, 4) is 0 Å². The second-order valence-corrected chi connectivity index (χ2v) is 6.27. The molecule has 0 bridgehead atoms. The summed E-state index contributed by atoms with van der Waals surface area (Å²) in [6, 6.07) is 3.26. The smallest absolute Gasteiger partial charge is 0.348 e. The van der Waals surface area contributed by atoms with Crippen molar-refractivity contribution in [3.05, 3.63) is 37.1 Å². The van der Waals surface area contributed by atoms with E-state index in [0.29, 0.717) is 11.3 Å². The topological polar surface area (TPSA) is 66.4 Å². The second-order valence-electron chi connectivity index (χ2n) is 3.06. The van der Waals surface area contributed by atoms with E-state index < -0.39 is 5.97 Å². The molecule has 0 saturated heterocycles. The molecule has 0 unspecified atom stereocenters. The third-order valence-electron chi connectivity index (χ3n) is 1.94. The van der Waals surface area contributed by atoms with Crippen LogP contribution < -0.4 is 5.32 Å². The highest BCUT2D eigenvalue weighted by atomic mass is 79.9. The minimum Gasteiger partial charge on any atom is -0.477 e. The van der Waals surface area contributed by atoms with Gasteiger partial charge in [0, 0.05) is 5.38 Å². The summed E-state index contributed by atoms with van der Waals surface area (Å²) in [5.41, 5.74) is 0.833. The number of thiophene rings is 2. The number of hydrogen-bond acceptors (Lipinski definition) is 4. The van der Waals surface area contributed by atoms with E-state index in [1.165, 1.54) is 11.3 Å². The number of anilines is 1. The Hall–Kier alpha value is -1.18. The second kappa shape index (κ2) is 4.99. The third-order valence-corrected chi connectivity index (χ3v) is 4.34. The maximum atomic E-state index is 11.8. The van der Waals surface area contributed by atoms with Crippen LogP contribution >= 0.6 is 38.6 Å². The standard InChI is InChI=1S/C10H6BrNO3S2/c11-7-3-5(4-17-7)9(13)12-6-1-2-16-8(6)10(14)15/h1-4H,(H,12,13)(H,14,15). The van der Waals surface area contributed by atoms with Gasteiger partial charge in [-0.05, 0) is 33.4 Å². The van der Waals surface area contributed by atoms with E-state index in [1.54, 1.807) is 22.9 Å². The summed E-state index contributed by atoms with van der Waals surface area (Å²) in [6.45, 7) is 0. The van der Waals surface area contributed by atoms with Crippen molar-refractivity contribution in [2.24, 2.45) is 0 Å². The number of carbonyl (C=O) groups excluding carboxylic acids is 1. The van der Waals surface area contributed by atoms with Gasteiger partial charge in [-0.2, -0.15) is 0 Å². The first-order valence-electron chi connectivity index (χ1n) is 4.44. The summed E-state index contributed by atoms with van der Waals surface area (Å²) in [5.74, 6) is -1.35. The van der Waals surface area contributed by atoms with E-state index in [0.717, 1.165) is 15.1 Å². The lowest BCUT2D eigenvalue weighted by Crippen LogP contribution is -2.12. The average molecular weight is 332 g/mol. The molecule has 1 amide bonds. The largest absolute Gasteiger partial charge is 0.477 e. The van der Waals surface area contributed by atoms with Crippen molar-refractivity contribution in [1.82, 2.24) is 0 Å². The molecular formula is C10H6BrNO3S2. The number of hydrogen-bond donors (Lipinski definition) is 2. The minimum atomic E-state index is -1.04. The van der Waals surface area contributed by atoms with E-state index in [4.69, 9.17) is 5.11 Å². The highest BCUT2D eigenvalue weighted by Gasteiger charge is 2.15. The molecule has 2 rings (SSSR count). The summed E-state index contributed by atoms with van der Waals surface area (Å²) in [5, 5.41) is 14.8. The van der Waals surface area contributed by atoms with Crippen molar-refractivity contribution in [2.45, 2.75) is 0 Å². The highest BCUT2D eigenvalue weighted by molar-refractivity contribution is 9.11. The lowest BCUT2D eigenvalue weighted by atomic mass is 10.3. The summed E-state index contributed by atoms with van der Waals surface area (Å²) in [6.07, 6.45) is 0. The van der Waals surface area contributed by atoms with Crippen molar-refractivity contribution in [2.75, 3.05) is 5.32 Å². The molecule has 7 heteroatoms. The van der Waals surface area contributed by atoms with Gasteiger partial charge in [0.25, 0.3) is 5.91 Å². The molecule has 2 aromatic rings. The fraction of sp³-hybridized carbons (Fsp3) is 0. The number of nitrogens with one attached hydrogen (secondary N) is 1. The molecule has 4 nitrogen and oxygen atoms in total. The highest BCUT2D eigenvalue weighted by Crippen LogP contribution is 2.25. The summed E-state index contributed by atoms with van der Waals surface area (Å²) < 4.78 is 0.853. The van der Waals surface area contributed by atoms with Crippen LogP contribution in [0.15, 0.2) is 26.7 Å². The Morgan fingerprint density at radius 2 is 2.12 bits per heavy atom. The van der Waals surface area contributed by atoms with Crippen LogP contribution in [0, 0.1) is 0 Å². The normalized spacial score (nSPS) is 10.2. The molecule has 0 spiro atoms. The van der Waals surface area contributed by atoms with Gasteiger partial charge in [-0.1, -0.05) is 0 Å². The Labute approximate surface area is 113 Å². The molecule has 17 heavy (non-hydrogen) atoms. The number of carboxylic acid groups (broad SMARTS) is 1. The Morgan fingerprint density at radius 1 is 1.35 bits per heavy atom. The Balaban J connectivity index is 2.18. The van der Waals surface area contributed by atoms with Gasteiger partial charge in [0.1, 0.15) is 4.88 Å². The first-order valence-corrected chi connectivity index (χ1v) is 6.99. The summed E-state index contributed by atoms with van der Waals surface area (Å²) in [4.78, 5) is 22.8. The molecule has 2 N–H and O–H groups in total. The minimum absolute atomic E-state index is 0.132. The zero-order chi connectivity index (χ0) is 12.4. The number of amides is 1. The van der Waals surface area contributed by atoms with Gasteiger partial charge in [-0.25, -0.2) is 4.79 Å². The molecule has 0 saturated carbocycles. The number of halogens is 1. The Kier molecular flexibility index (Phi) is 3.60. The first-order chi connectivity index (χ1) is 8.08. The predicted octanol–water partition coefficient (Wildman–Crippen LogP) is 3.52. The lowest BCUT2D eigenvalue weighted by molar-refractivity contribution is 0.0703. The van der Waals surface area contributed by atoms with Gasteiger partial charge < -0.3 is 10.4 Å². The first kappa shape index (κ1) is 12.3. The van der Waals surface area contributed by atoms with Gasteiger partial charge in [-0.15, -0.1) is 22.7 Å². The van der Waals surface area contributed by atoms with Crippen molar-refractivity contribution >= 4 is 56.2 Å². The Morgan fingerprint density at radius 3 is 2.71 bits per heavy atom. The molecule has 2 heterocycles. The van der Waals surface area contributed by atoms with Crippen molar-refractivity contribution in [1.29, 1.82) is 0 Å². The molecule has 0 fully saturated rings. The van der Waals surface area contributed by atoms with Crippen LogP contribution in [-0.2, 0) is 0 Å². The van der Waals surface area contributed by atoms with Crippen LogP contribution in [-0.4, -0.2) is 17.0 Å². The third kappa shape index (κ3) is 2.74. The lowest BCUT2D eigenvalue weighted by Gasteiger charge is -2.02. The fourth-order valence-electron chi connectivity index (χ4n) is 1.20. The van der Waals surface area contributed by atoms with Crippen molar-refractivity contribution < 1.29 is 14.7 Å². The van der Waals surface area contributed by atoms with Crippen LogP contribution in [0.3, 0.4) is 0 Å². The number of carbonyl (C=O) groups is 2. The molecule has 0 aliphatic heterocycles. The maximum Gasteiger partial charge on any atom is 0.348 e.